The molecule has 1 fully saturated rings. The third-order valence-corrected chi connectivity index (χ3v) is 6.43. The van der Waals surface area contributed by atoms with E-state index < -0.39 is 5.82 Å². The van der Waals surface area contributed by atoms with Gasteiger partial charge in [-0.1, -0.05) is 24.6 Å². The minimum atomic E-state index is -0.502. The Kier molecular flexibility index (Phi) is 8.15. The molecule has 0 spiro atoms. The summed E-state index contributed by atoms with van der Waals surface area (Å²) >= 11 is 5.90. The molecule has 1 saturated heterocycles. The number of nitrogens with zero attached hydrogens (tertiary/aromatic N) is 3. The van der Waals surface area contributed by atoms with Gasteiger partial charge in [-0.25, -0.2) is 14.4 Å². The largest absolute Gasteiger partial charge is 0.494 e. The molecule has 0 radical (unpaired) electrons. The van der Waals surface area contributed by atoms with Gasteiger partial charge in [-0.2, -0.15) is 0 Å². The van der Waals surface area contributed by atoms with Crippen molar-refractivity contribution in [1.29, 1.82) is 0 Å². The van der Waals surface area contributed by atoms with Crippen LogP contribution < -0.4 is 15.4 Å². The normalized spacial score (nSPS) is 16.9. The Balaban J connectivity index is 1.51. The summed E-state index contributed by atoms with van der Waals surface area (Å²) in [6.07, 6.45) is 8.51. The molecule has 1 atom stereocenters. The maximum absolute atomic E-state index is 13.5. The molecule has 3 aromatic rings. The fourth-order valence-electron chi connectivity index (χ4n) is 4.15. The number of aromatic nitrogens is 2. The number of anilines is 3. The molecule has 1 aliphatic rings. The molecular formula is C26H29ClFN5O2. The van der Waals surface area contributed by atoms with E-state index in [1.807, 2.05) is 6.08 Å². The van der Waals surface area contributed by atoms with Crippen molar-refractivity contribution in [3.63, 3.8) is 0 Å². The minimum absolute atomic E-state index is 0.00413. The third kappa shape index (κ3) is 6.46. The predicted octanol–water partition coefficient (Wildman–Crippen LogP) is 5.79. The van der Waals surface area contributed by atoms with E-state index in [2.05, 4.69) is 32.4 Å². The Morgan fingerprint density at radius 1 is 1.26 bits per heavy atom. The second-order valence-electron chi connectivity index (χ2n) is 8.77. The molecule has 9 heteroatoms. The first kappa shape index (κ1) is 24.9. The van der Waals surface area contributed by atoms with E-state index in [1.54, 1.807) is 24.3 Å². The lowest BCUT2D eigenvalue weighted by Crippen LogP contribution is -2.25. The van der Waals surface area contributed by atoms with Crippen LogP contribution in [0.15, 0.2) is 48.8 Å². The lowest BCUT2D eigenvalue weighted by molar-refractivity contribution is -0.111. The van der Waals surface area contributed by atoms with E-state index in [0.29, 0.717) is 33.8 Å². The van der Waals surface area contributed by atoms with Crippen molar-refractivity contribution in [1.82, 2.24) is 14.9 Å². The van der Waals surface area contributed by atoms with Gasteiger partial charge in [0.1, 0.15) is 23.7 Å². The van der Waals surface area contributed by atoms with Crippen LogP contribution in [-0.2, 0) is 4.79 Å². The van der Waals surface area contributed by atoms with E-state index >= 15 is 0 Å². The highest BCUT2D eigenvalue weighted by Crippen LogP contribution is 2.33. The molecule has 2 aromatic carbocycles. The first-order chi connectivity index (χ1) is 16.9. The van der Waals surface area contributed by atoms with Crippen LogP contribution in [-0.4, -0.2) is 47.5 Å². The van der Waals surface area contributed by atoms with E-state index in [1.165, 1.54) is 44.8 Å². The number of hydrogen-bond acceptors (Lipinski definition) is 6. The predicted molar refractivity (Wildman–Crippen MR) is 138 cm³/mol. The van der Waals surface area contributed by atoms with Gasteiger partial charge in [0.25, 0.3) is 0 Å². The molecule has 1 amide bonds. The fourth-order valence-corrected chi connectivity index (χ4v) is 4.33. The number of nitrogens with one attached hydrogen (secondary N) is 2. The first-order valence-corrected chi connectivity index (χ1v) is 12.1. The molecule has 1 aliphatic heterocycles. The highest BCUT2D eigenvalue weighted by Gasteiger charge is 2.14. The topological polar surface area (TPSA) is 79.4 Å². The second-order valence-corrected chi connectivity index (χ2v) is 9.18. The van der Waals surface area contributed by atoms with Gasteiger partial charge in [-0.3, -0.25) is 9.69 Å². The molecule has 7 nitrogen and oxygen atoms in total. The maximum atomic E-state index is 13.5. The summed E-state index contributed by atoms with van der Waals surface area (Å²) in [5, 5.41) is 6.69. The molecule has 0 bridgehead atoms. The van der Waals surface area contributed by atoms with Crippen LogP contribution in [0.4, 0.5) is 21.6 Å². The highest BCUT2D eigenvalue weighted by molar-refractivity contribution is 6.31. The van der Waals surface area contributed by atoms with Crippen LogP contribution in [0.25, 0.3) is 10.9 Å². The molecule has 2 N–H and O–H groups in total. The Hall–Kier alpha value is -3.23. The Morgan fingerprint density at radius 2 is 2.11 bits per heavy atom. The van der Waals surface area contributed by atoms with Crippen molar-refractivity contribution in [2.45, 2.75) is 26.2 Å². The number of amides is 1. The Morgan fingerprint density at radius 3 is 2.91 bits per heavy atom. The van der Waals surface area contributed by atoms with Gasteiger partial charge < -0.3 is 15.4 Å². The molecule has 35 heavy (non-hydrogen) atoms. The number of hydrogen-bond donors (Lipinski definition) is 2. The van der Waals surface area contributed by atoms with E-state index in [0.717, 1.165) is 25.6 Å². The number of methoxy groups -OCH3 is 1. The Bertz CT molecular complexity index is 1240. The summed E-state index contributed by atoms with van der Waals surface area (Å²) in [6, 6.07) is 7.81. The van der Waals surface area contributed by atoms with Crippen molar-refractivity contribution >= 4 is 45.6 Å². The number of carbonyl (C=O) groups is 1. The number of likely N-dealkylation sites (tertiary alicyclic amines) is 1. The molecule has 2 heterocycles. The number of benzene rings is 2. The number of rotatable bonds is 7. The first-order valence-electron chi connectivity index (χ1n) is 11.7. The quantitative estimate of drug-likeness (QED) is 0.402. The van der Waals surface area contributed by atoms with Gasteiger partial charge >= 0.3 is 0 Å². The van der Waals surface area contributed by atoms with Crippen LogP contribution >= 0.6 is 11.6 Å². The maximum Gasteiger partial charge on any atom is 0.248 e. The second kappa shape index (κ2) is 11.5. The van der Waals surface area contributed by atoms with Crippen molar-refractivity contribution < 1.29 is 13.9 Å². The molecule has 1 unspecified atom stereocenters. The van der Waals surface area contributed by atoms with Crippen LogP contribution in [0.1, 0.15) is 26.2 Å². The Labute approximate surface area is 209 Å². The van der Waals surface area contributed by atoms with Gasteiger partial charge in [0.05, 0.1) is 23.3 Å². The van der Waals surface area contributed by atoms with Crippen molar-refractivity contribution in [2.24, 2.45) is 5.92 Å². The van der Waals surface area contributed by atoms with Gasteiger partial charge in [-0.05, 0) is 62.5 Å². The monoisotopic (exact) mass is 497 g/mol. The highest BCUT2D eigenvalue weighted by atomic mass is 35.5. The molecule has 0 aliphatic carbocycles. The third-order valence-electron chi connectivity index (χ3n) is 6.14. The smallest absolute Gasteiger partial charge is 0.248 e. The van der Waals surface area contributed by atoms with E-state index in [-0.39, 0.29) is 10.9 Å². The summed E-state index contributed by atoms with van der Waals surface area (Å²) < 4.78 is 19.0. The van der Waals surface area contributed by atoms with E-state index in [4.69, 9.17) is 16.3 Å². The molecule has 1 aromatic heterocycles. The summed E-state index contributed by atoms with van der Waals surface area (Å²) in [5.41, 5.74) is 1.69. The zero-order valence-electron chi connectivity index (χ0n) is 19.9. The molecular weight excluding hydrogens is 469 g/mol. The van der Waals surface area contributed by atoms with Crippen LogP contribution in [0.2, 0.25) is 5.02 Å². The zero-order valence-corrected chi connectivity index (χ0v) is 20.6. The minimum Gasteiger partial charge on any atom is -0.494 e. The van der Waals surface area contributed by atoms with E-state index in [9.17, 15) is 9.18 Å². The number of carbonyl (C=O) groups excluding carboxylic acids is 1. The zero-order chi connectivity index (χ0) is 24.8. The molecule has 0 saturated carbocycles. The standard InChI is InChI=1S/C26H29ClFN5O2/c1-17-5-3-10-33(12-9-17)11-4-6-25(34)32-23-14-19-22(15-24(23)35-2)29-16-30-26(19)31-18-7-8-21(28)20(27)13-18/h4,6-8,13-17H,3,5,9-12H2,1-2H3,(H,32,34)(H,29,30,31). The van der Waals surface area contributed by atoms with Gasteiger partial charge in [0, 0.05) is 29.8 Å². The van der Waals surface area contributed by atoms with Crippen LogP contribution in [0.3, 0.4) is 0 Å². The SMILES string of the molecule is COc1cc2ncnc(Nc3ccc(F)c(Cl)c3)c2cc1NC(=O)C=CCN1CCCC(C)CC1. The summed E-state index contributed by atoms with van der Waals surface area (Å²) in [4.78, 5) is 23.7. The van der Waals surface area contributed by atoms with Gasteiger partial charge in [0.2, 0.25) is 5.91 Å². The number of ether oxygens (including phenoxy) is 1. The van der Waals surface area contributed by atoms with Crippen LogP contribution in [0, 0.1) is 11.7 Å². The average molecular weight is 498 g/mol. The van der Waals surface area contributed by atoms with Crippen LogP contribution in [0.5, 0.6) is 5.75 Å². The fraction of sp³-hybridized carbons (Fsp3) is 0.346. The molecule has 184 valence electrons. The van der Waals surface area contributed by atoms with Crippen molar-refractivity contribution in [3.8, 4) is 5.75 Å². The lowest BCUT2D eigenvalue weighted by atomic mass is 10.0. The number of halogens is 2. The summed E-state index contributed by atoms with van der Waals surface area (Å²) in [7, 11) is 1.54. The van der Waals surface area contributed by atoms with Crippen molar-refractivity contribution in [2.75, 3.05) is 37.4 Å². The van der Waals surface area contributed by atoms with Crippen molar-refractivity contribution in [3.05, 3.63) is 59.7 Å². The number of fused-ring (bicyclic) bond motifs is 1. The van der Waals surface area contributed by atoms with Gasteiger partial charge in [0.15, 0.2) is 0 Å². The summed E-state index contributed by atoms with van der Waals surface area (Å²) in [5.74, 6) is 0.980. The summed E-state index contributed by atoms with van der Waals surface area (Å²) in [6.45, 7) is 5.16. The molecule has 4 rings (SSSR count). The lowest BCUT2D eigenvalue weighted by Gasteiger charge is -2.17. The van der Waals surface area contributed by atoms with Gasteiger partial charge in [-0.15, -0.1) is 0 Å². The average Bonchev–Trinajstić information content (AvgIpc) is 3.05.